The summed E-state index contributed by atoms with van der Waals surface area (Å²) in [6.07, 6.45) is 5.75. The summed E-state index contributed by atoms with van der Waals surface area (Å²) in [5, 5.41) is 33.8. The Morgan fingerprint density at radius 2 is 1.67 bits per heavy atom. The van der Waals surface area contributed by atoms with Gasteiger partial charge in [-0.1, -0.05) is 83.9 Å². The Morgan fingerprint density at radius 1 is 1.02 bits per heavy atom. The van der Waals surface area contributed by atoms with E-state index >= 15 is 0 Å². The van der Waals surface area contributed by atoms with E-state index < -0.39 is 54.1 Å². The largest absolute Gasteiger partial charge is 0.490 e. The van der Waals surface area contributed by atoms with Crippen LogP contribution in [-0.2, 0) is 28.5 Å². The third kappa shape index (κ3) is 9.75. The molecule has 0 spiro atoms. The van der Waals surface area contributed by atoms with Crippen LogP contribution in [0.3, 0.4) is 0 Å². The molecule has 2 aliphatic rings. The highest BCUT2D eigenvalue weighted by Gasteiger charge is 2.53. The van der Waals surface area contributed by atoms with Gasteiger partial charge in [0.1, 0.15) is 12.2 Å². The minimum absolute atomic E-state index is 0.00647. The second-order valence-electron chi connectivity index (χ2n) is 13.7. The highest BCUT2D eigenvalue weighted by Crippen LogP contribution is 2.43. The standard InChI is InChI=1S/C36H60O9/c1-20(2)33-25(7)28(37)19-36(43-12,45-33)27(9)32(39)26(8)34-29(41-10)15-13-14-21(3)16-23(5)31(38)24(6)17-22(4)18-30(42-11)35(40)44-34/h13-15,17-18,20,23-29,31-34,37-39H,16,19H2,1-12H3. The number of carbonyl (C=O) groups is 1. The molecule has 2 heterocycles. The molecule has 0 radical (unpaired) electrons. The number of methoxy groups -OCH3 is 3. The minimum Gasteiger partial charge on any atom is -0.490 e. The molecule has 3 N–H and O–H groups in total. The van der Waals surface area contributed by atoms with Gasteiger partial charge < -0.3 is 39.0 Å². The molecule has 2 aliphatic heterocycles. The topological polar surface area (TPSA) is 124 Å². The predicted molar refractivity (Wildman–Crippen MR) is 175 cm³/mol. The number of hydrogen-bond acceptors (Lipinski definition) is 9. The van der Waals surface area contributed by atoms with E-state index in [-0.39, 0.29) is 42.0 Å². The molecule has 12 unspecified atom stereocenters. The van der Waals surface area contributed by atoms with Crippen molar-refractivity contribution in [2.75, 3.05) is 21.3 Å². The summed E-state index contributed by atoms with van der Waals surface area (Å²) in [4.78, 5) is 13.6. The van der Waals surface area contributed by atoms with E-state index in [1.165, 1.54) is 21.3 Å². The predicted octanol–water partition coefficient (Wildman–Crippen LogP) is 5.35. The van der Waals surface area contributed by atoms with E-state index in [0.29, 0.717) is 6.42 Å². The lowest BCUT2D eigenvalue weighted by Gasteiger charge is -2.51. The van der Waals surface area contributed by atoms with E-state index in [9.17, 15) is 20.1 Å². The van der Waals surface area contributed by atoms with Gasteiger partial charge in [-0.05, 0) is 38.2 Å². The fraction of sp³-hybridized carbons (Fsp3) is 0.750. The maximum absolute atomic E-state index is 13.6. The van der Waals surface area contributed by atoms with Gasteiger partial charge in [-0.3, -0.25) is 0 Å². The van der Waals surface area contributed by atoms with Gasteiger partial charge in [-0.2, -0.15) is 0 Å². The Morgan fingerprint density at radius 3 is 2.22 bits per heavy atom. The summed E-state index contributed by atoms with van der Waals surface area (Å²) < 4.78 is 29.9. The second-order valence-corrected chi connectivity index (χ2v) is 13.7. The number of aliphatic hydroxyl groups excluding tert-OH is 3. The Labute approximate surface area is 271 Å². The van der Waals surface area contributed by atoms with E-state index in [0.717, 1.165) is 11.1 Å². The summed E-state index contributed by atoms with van der Waals surface area (Å²) >= 11 is 0. The average Bonchev–Trinajstić information content (AvgIpc) is 2.99. The lowest BCUT2D eigenvalue weighted by Crippen LogP contribution is -2.60. The smallest absolute Gasteiger partial charge is 0.373 e. The quantitative estimate of drug-likeness (QED) is 0.303. The van der Waals surface area contributed by atoms with Crippen LogP contribution in [-0.4, -0.2) is 85.0 Å². The molecule has 9 nitrogen and oxygen atoms in total. The first kappa shape index (κ1) is 39.2. The molecule has 45 heavy (non-hydrogen) atoms. The number of aliphatic hydroxyl groups is 3. The molecular weight excluding hydrogens is 576 g/mol. The summed E-state index contributed by atoms with van der Waals surface area (Å²) in [6, 6.07) is 0. The highest BCUT2D eigenvalue weighted by molar-refractivity contribution is 5.87. The van der Waals surface area contributed by atoms with E-state index in [1.54, 1.807) is 19.1 Å². The summed E-state index contributed by atoms with van der Waals surface area (Å²) in [5.74, 6) is -3.38. The molecule has 0 aromatic carbocycles. The lowest BCUT2D eigenvalue weighted by molar-refractivity contribution is -0.338. The Hall–Kier alpha value is -2.01. The van der Waals surface area contributed by atoms with Crippen LogP contribution in [0.4, 0.5) is 0 Å². The SMILES string of the molecule is COC1=CC(C)=CC(C)C(O)C(C)CC(C)=CC=CC(OC)C(C(C)C(O)C(C)C2(OC)CC(O)C(C)C(C(C)C)O2)OC1=O. The fourth-order valence-electron chi connectivity index (χ4n) is 6.84. The Bertz CT molecular complexity index is 1080. The number of cyclic esters (lactones) is 1. The van der Waals surface area contributed by atoms with Gasteiger partial charge in [-0.25, -0.2) is 4.79 Å². The van der Waals surface area contributed by atoms with Crippen LogP contribution in [0.15, 0.2) is 47.3 Å². The maximum atomic E-state index is 13.6. The van der Waals surface area contributed by atoms with Crippen LogP contribution in [0, 0.1) is 35.5 Å². The fourth-order valence-corrected chi connectivity index (χ4v) is 6.84. The van der Waals surface area contributed by atoms with Gasteiger partial charge in [0.15, 0.2) is 5.79 Å². The zero-order valence-electron chi connectivity index (χ0n) is 29.5. The first-order valence-electron chi connectivity index (χ1n) is 16.3. The molecule has 0 aromatic rings. The maximum Gasteiger partial charge on any atom is 0.373 e. The van der Waals surface area contributed by atoms with Crippen LogP contribution in [0.25, 0.3) is 0 Å². The van der Waals surface area contributed by atoms with Crippen molar-refractivity contribution < 1.29 is 43.8 Å². The molecule has 12 atom stereocenters. The molecule has 0 saturated carbocycles. The van der Waals surface area contributed by atoms with Gasteiger partial charge in [0.2, 0.25) is 5.76 Å². The molecule has 0 amide bonds. The van der Waals surface area contributed by atoms with Crippen LogP contribution in [0.5, 0.6) is 0 Å². The number of carbonyl (C=O) groups excluding carboxylic acids is 1. The van der Waals surface area contributed by atoms with Gasteiger partial charge in [-0.15, -0.1) is 0 Å². The normalized spacial score (nSPS) is 36.4. The first-order valence-corrected chi connectivity index (χ1v) is 16.3. The first-order chi connectivity index (χ1) is 21.0. The highest BCUT2D eigenvalue weighted by atomic mass is 16.7. The molecule has 0 aromatic heterocycles. The summed E-state index contributed by atoms with van der Waals surface area (Å²) in [6.45, 7) is 17.5. The number of allylic oxidation sites excluding steroid dienone is 5. The third-order valence-corrected chi connectivity index (χ3v) is 9.81. The van der Waals surface area contributed by atoms with Gasteiger partial charge >= 0.3 is 5.97 Å². The van der Waals surface area contributed by atoms with Crippen molar-refractivity contribution in [2.24, 2.45) is 35.5 Å². The summed E-state index contributed by atoms with van der Waals surface area (Å²) in [7, 11) is 4.46. The molecular formula is C36H60O9. The molecule has 2 rings (SSSR count). The van der Waals surface area contributed by atoms with Crippen molar-refractivity contribution in [1.82, 2.24) is 0 Å². The second kappa shape index (κ2) is 17.2. The van der Waals surface area contributed by atoms with Crippen molar-refractivity contribution in [3.63, 3.8) is 0 Å². The van der Waals surface area contributed by atoms with Crippen LogP contribution in [0.2, 0.25) is 0 Å². The zero-order chi connectivity index (χ0) is 34.2. The monoisotopic (exact) mass is 636 g/mol. The molecule has 258 valence electrons. The van der Waals surface area contributed by atoms with Crippen LogP contribution >= 0.6 is 0 Å². The van der Waals surface area contributed by atoms with Crippen LogP contribution in [0.1, 0.15) is 75.2 Å². The van der Waals surface area contributed by atoms with Crippen LogP contribution < -0.4 is 0 Å². The zero-order valence-corrected chi connectivity index (χ0v) is 29.5. The number of rotatable bonds is 8. The third-order valence-electron chi connectivity index (χ3n) is 9.81. The van der Waals surface area contributed by atoms with Gasteiger partial charge in [0, 0.05) is 44.3 Å². The van der Waals surface area contributed by atoms with Gasteiger partial charge in [0.25, 0.3) is 0 Å². The van der Waals surface area contributed by atoms with E-state index in [1.807, 2.05) is 73.6 Å². The van der Waals surface area contributed by atoms with Crippen molar-refractivity contribution in [1.29, 1.82) is 0 Å². The van der Waals surface area contributed by atoms with Gasteiger partial charge in [0.05, 0.1) is 31.5 Å². The van der Waals surface area contributed by atoms with Crippen molar-refractivity contribution in [3.8, 4) is 0 Å². The van der Waals surface area contributed by atoms with Crippen molar-refractivity contribution in [2.45, 2.75) is 118 Å². The van der Waals surface area contributed by atoms with E-state index in [2.05, 4.69) is 0 Å². The summed E-state index contributed by atoms with van der Waals surface area (Å²) in [5.41, 5.74) is 1.82. The number of hydrogen-bond donors (Lipinski definition) is 3. The number of ether oxygens (including phenoxy) is 5. The minimum atomic E-state index is -1.26. The van der Waals surface area contributed by atoms with E-state index in [4.69, 9.17) is 23.7 Å². The van der Waals surface area contributed by atoms with Crippen molar-refractivity contribution in [3.05, 3.63) is 47.3 Å². The van der Waals surface area contributed by atoms with Crippen molar-refractivity contribution >= 4 is 5.97 Å². The Kier molecular flexibility index (Phi) is 15.0. The lowest BCUT2D eigenvalue weighted by atomic mass is 9.76. The number of esters is 1. The molecule has 1 saturated heterocycles. The molecule has 0 aliphatic carbocycles. The Balaban J connectivity index is 2.56. The molecule has 0 bridgehead atoms. The average molecular weight is 637 g/mol. The molecule has 1 fully saturated rings. The molecule has 9 heteroatoms.